The number of ether oxygens (including phenoxy) is 1. The lowest BCUT2D eigenvalue weighted by molar-refractivity contribution is -0.147. The maximum Gasteiger partial charge on any atom is 0.306 e. The average molecular weight is 411 g/mol. The summed E-state index contributed by atoms with van der Waals surface area (Å²) in [6, 6.07) is 0. The molecule has 29 heavy (non-hydrogen) atoms. The summed E-state index contributed by atoms with van der Waals surface area (Å²) in [7, 11) is 0. The summed E-state index contributed by atoms with van der Waals surface area (Å²) in [5.41, 5.74) is 0. The summed E-state index contributed by atoms with van der Waals surface area (Å²) in [5.74, 6) is -0.813. The van der Waals surface area contributed by atoms with E-state index in [1.807, 2.05) is 0 Å². The van der Waals surface area contributed by atoms with Crippen molar-refractivity contribution in [2.24, 2.45) is 0 Å². The van der Waals surface area contributed by atoms with Crippen molar-refractivity contribution in [3.8, 4) is 0 Å². The largest absolute Gasteiger partial charge is 0.481 e. The quantitative estimate of drug-likeness (QED) is 0.120. The van der Waals surface area contributed by atoms with E-state index in [0.29, 0.717) is 6.42 Å². The van der Waals surface area contributed by atoms with Crippen LogP contribution in [0, 0.1) is 0 Å². The van der Waals surface area contributed by atoms with Gasteiger partial charge in [0.25, 0.3) is 0 Å². The smallest absolute Gasteiger partial charge is 0.306 e. The van der Waals surface area contributed by atoms with Gasteiger partial charge in [-0.1, -0.05) is 84.1 Å². The van der Waals surface area contributed by atoms with Gasteiger partial charge < -0.3 is 9.84 Å². The van der Waals surface area contributed by atoms with Gasteiger partial charge in [-0.2, -0.15) is 0 Å². The van der Waals surface area contributed by atoms with Crippen molar-refractivity contribution in [3.05, 3.63) is 12.2 Å². The third kappa shape index (κ3) is 21.2. The number of hydrogen-bond donors (Lipinski definition) is 1. The number of carboxylic acids is 1. The molecule has 0 aromatic heterocycles. The lowest BCUT2D eigenvalue weighted by Crippen LogP contribution is -2.16. The van der Waals surface area contributed by atoms with Crippen molar-refractivity contribution in [1.82, 2.24) is 0 Å². The van der Waals surface area contributed by atoms with Crippen molar-refractivity contribution in [2.75, 3.05) is 0 Å². The first-order valence-electron chi connectivity index (χ1n) is 12.2. The second kappa shape index (κ2) is 21.4. The molecule has 170 valence electrons. The molecule has 0 aromatic carbocycles. The molecule has 0 aliphatic carbocycles. The van der Waals surface area contributed by atoms with Gasteiger partial charge in [-0.25, -0.2) is 0 Å². The Bertz CT molecular complexity index is 417. The minimum absolute atomic E-state index is 0.0881. The van der Waals surface area contributed by atoms with E-state index in [2.05, 4.69) is 26.0 Å². The first-order chi connectivity index (χ1) is 14.1. The van der Waals surface area contributed by atoms with Gasteiger partial charge in [0.15, 0.2) is 0 Å². The molecule has 0 saturated carbocycles. The van der Waals surface area contributed by atoms with E-state index in [0.717, 1.165) is 57.8 Å². The number of rotatable bonds is 21. The van der Waals surface area contributed by atoms with Crippen LogP contribution in [-0.2, 0) is 14.3 Å². The third-order valence-corrected chi connectivity index (χ3v) is 5.22. The Morgan fingerprint density at radius 1 is 0.759 bits per heavy atom. The molecule has 0 fully saturated rings. The third-order valence-electron chi connectivity index (χ3n) is 5.22. The van der Waals surface area contributed by atoms with Crippen LogP contribution in [0.3, 0.4) is 0 Å². The second-order valence-corrected chi connectivity index (χ2v) is 8.17. The summed E-state index contributed by atoms with van der Waals surface area (Å²) in [4.78, 5) is 22.6. The number of aliphatic carboxylic acids is 1. The van der Waals surface area contributed by atoms with Gasteiger partial charge in [0.05, 0.1) is 0 Å². The molecule has 1 atom stereocenters. The van der Waals surface area contributed by atoms with E-state index >= 15 is 0 Å². The number of esters is 1. The van der Waals surface area contributed by atoms with Crippen molar-refractivity contribution >= 4 is 11.9 Å². The van der Waals surface area contributed by atoms with E-state index < -0.39 is 5.97 Å². The summed E-state index contributed by atoms with van der Waals surface area (Å²) >= 11 is 0. The Kier molecular flexibility index (Phi) is 20.4. The van der Waals surface area contributed by atoms with Crippen LogP contribution in [-0.4, -0.2) is 23.1 Å². The molecule has 0 aliphatic heterocycles. The number of carbonyl (C=O) groups excluding carboxylic acids is 1. The highest BCUT2D eigenvalue weighted by molar-refractivity contribution is 5.69. The van der Waals surface area contributed by atoms with E-state index in [1.54, 1.807) is 0 Å². The molecule has 1 unspecified atom stereocenters. The highest BCUT2D eigenvalue weighted by atomic mass is 16.5. The molecule has 0 amide bonds. The van der Waals surface area contributed by atoms with Gasteiger partial charge in [-0.05, 0) is 44.6 Å². The molecule has 0 radical (unpaired) electrons. The van der Waals surface area contributed by atoms with Crippen molar-refractivity contribution in [2.45, 2.75) is 136 Å². The molecule has 0 heterocycles. The lowest BCUT2D eigenvalue weighted by atomic mass is 10.1. The van der Waals surface area contributed by atoms with Crippen LogP contribution in [0.1, 0.15) is 129 Å². The summed E-state index contributed by atoms with van der Waals surface area (Å²) < 4.78 is 5.69. The van der Waals surface area contributed by atoms with Gasteiger partial charge in [0, 0.05) is 12.8 Å². The Hall–Kier alpha value is -1.32. The fourth-order valence-corrected chi connectivity index (χ4v) is 3.38. The van der Waals surface area contributed by atoms with Crippen LogP contribution in [0.2, 0.25) is 0 Å². The maximum atomic E-state index is 12.1. The van der Waals surface area contributed by atoms with Gasteiger partial charge in [0.2, 0.25) is 0 Å². The molecule has 0 spiro atoms. The summed E-state index contributed by atoms with van der Waals surface area (Å²) in [5, 5.41) is 8.69. The normalized spacial score (nSPS) is 12.3. The molecule has 0 aromatic rings. The van der Waals surface area contributed by atoms with Crippen LogP contribution >= 0.6 is 0 Å². The predicted molar refractivity (Wildman–Crippen MR) is 121 cm³/mol. The molecule has 0 bridgehead atoms. The molecule has 1 N–H and O–H groups in total. The van der Waals surface area contributed by atoms with Gasteiger partial charge >= 0.3 is 11.9 Å². The van der Waals surface area contributed by atoms with E-state index in [-0.39, 0.29) is 18.5 Å². The molecule has 0 aliphatic rings. The van der Waals surface area contributed by atoms with E-state index in [9.17, 15) is 9.59 Å². The Balaban J connectivity index is 4.12. The zero-order chi connectivity index (χ0) is 21.6. The van der Waals surface area contributed by atoms with Gasteiger partial charge in [-0.15, -0.1) is 0 Å². The standard InChI is InChI=1S/C25H46O4/c1-3-5-7-8-9-10-11-12-16-19-23(29-25(28)22-15-6-4-2)20-17-13-14-18-21-24(26)27/h16,19,23H,3-15,17-18,20-22H2,1-2H3,(H,26,27)/b19-16-. The van der Waals surface area contributed by atoms with E-state index in [1.165, 1.54) is 44.9 Å². The number of unbranched alkanes of at least 4 members (excludes halogenated alkanes) is 12. The topological polar surface area (TPSA) is 63.6 Å². The Morgan fingerprint density at radius 2 is 1.31 bits per heavy atom. The van der Waals surface area contributed by atoms with Crippen LogP contribution < -0.4 is 0 Å². The molecule has 4 heteroatoms. The van der Waals surface area contributed by atoms with Crippen LogP contribution in [0.25, 0.3) is 0 Å². The fraction of sp³-hybridized carbons (Fsp3) is 0.840. The molecule has 0 rings (SSSR count). The maximum absolute atomic E-state index is 12.1. The number of carboxylic acid groups (broad SMARTS) is 1. The van der Waals surface area contributed by atoms with Gasteiger partial charge in [0.1, 0.15) is 6.10 Å². The Morgan fingerprint density at radius 3 is 2.00 bits per heavy atom. The minimum atomic E-state index is -0.725. The molecular formula is C25H46O4. The summed E-state index contributed by atoms with van der Waals surface area (Å²) in [6.45, 7) is 4.37. The average Bonchev–Trinajstić information content (AvgIpc) is 2.69. The highest BCUT2D eigenvalue weighted by Crippen LogP contribution is 2.14. The monoisotopic (exact) mass is 410 g/mol. The minimum Gasteiger partial charge on any atom is -0.481 e. The molecular weight excluding hydrogens is 364 g/mol. The highest BCUT2D eigenvalue weighted by Gasteiger charge is 2.11. The number of carbonyl (C=O) groups is 2. The molecule has 0 saturated heterocycles. The molecule has 4 nitrogen and oxygen atoms in total. The van der Waals surface area contributed by atoms with Crippen molar-refractivity contribution < 1.29 is 19.4 Å². The zero-order valence-electron chi connectivity index (χ0n) is 19.1. The van der Waals surface area contributed by atoms with E-state index in [4.69, 9.17) is 9.84 Å². The first-order valence-corrected chi connectivity index (χ1v) is 12.2. The van der Waals surface area contributed by atoms with Crippen LogP contribution in [0.15, 0.2) is 12.2 Å². The van der Waals surface area contributed by atoms with Crippen LogP contribution in [0.4, 0.5) is 0 Å². The SMILES string of the molecule is CCCCCCCCC/C=C\C(CCCCCCC(=O)O)OC(=O)CCCCC. The Labute approximate surface area is 179 Å². The number of allylic oxidation sites excluding steroid dienone is 1. The zero-order valence-corrected chi connectivity index (χ0v) is 19.1. The van der Waals surface area contributed by atoms with Crippen molar-refractivity contribution in [3.63, 3.8) is 0 Å². The predicted octanol–water partition coefficient (Wildman–Crippen LogP) is 7.60. The lowest BCUT2D eigenvalue weighted by Gasteiger charge is -2.14. The van der Waals surface area contributed by atoms with Crippen LogP contribution in [0.5, 0.6) is 0 Å². The first kappa shape index (κ1) is 27.7. The fourth-order valence-electron chi connectivity index (χ4n) is 3.38. The van der Waals surface area contributed by atoms with Gasteiger partial charge in [-0.3, -0.25) is 9.59 Å². The summed E-state index contributed by atoms with van der Waals surface area (Å²) in [6.07, 6.45) is 22.6. The number of hydrogen-bond acceptors (Lipinski definition) is 3. The second-order valence-electron chi connectivity index (χ2n) is 8.17. The van der Waals surface area contributed by atoms with Crippen molar-refractivity contribution in [1.29, 1.82) is 0 Å².